The van der Waals surface area contributed by atoms with E-state index >= 15 is 0 Å². The Bertz CT molecular complexity index is 406. The summed E-state index contributed by atoms with van der Waals surface area (Å²) in [7, 11) is 1.68. The summed E-state index contributed by atoms with van der Waals surface area (Å²) in [5, 5.41) is 0. The fraction of sp³-hybridized carbons (Fsp3) is 0.455. The monoisotopic (exact) mass is 298 g/mol. The molecule has 1 unspecified atom stereocenters. The molecule has 1 aromatic heterocycles. The summed E-state index contributed by atoms with van der Waals surface area (Å²) in [6.45, 7) is 2.02. The summed E-state index contributed by atoms with van der Waals surface area (Å²) in [5.74, 6) is 0.566. The van der Waals surface area contributed by atoms with Crippen LogP contribution in [0.15, 0.2) is 27.8 Å². The van der Waals surface area contributed by atoms with E-state index in [1.807, 2.05) is 17.0 Å². The zero-order chi connectivity index (χ0) is 12.3. The van der Waals surface area contributed by atoms with E-state index in [0.29, 0.717) is 19.1 Å². The van der Waals surface area contributed by atoms with Gasteiger partial charge in [-0.05, 0) is 28.1 Å². The standard InChI is InChI=1S/C11H15BrN4O/c1-17-5-4-16-10(7-15-11(16)13)9-3-2-8(12)6-14-9/h2-3,6,10H,4-5,7H2,1H3,(H2,13,15). The topological polar surface area (TPSA) is 63.7 Å². The number of methoxy groups -OCH3 is 1. The minimum Gasteiger partial charge on any atom is -0.383 e. The lowest BCUT2D eigenvalue weighted by Gasteiger charge is -2.25. The molecule has 6 heteroatoms. The number of aliphatic imine (C=N–C) groups is 1. The maximum atomic E-state index is 5.86. The zero-order valence-corrected chi connectivity index (χ0v) is 11.2. The van der Waals surface area contributed by atoms with Gasteiger partial charge in [0.15, 0.2) is 5.96 Å². The van der Waals surface area contributed by atoms with Gasteiger partial charge in [-0.15, -0.1) is 0 Å². The molecule has 2 N–H and O–H groups in total. The number of aromatic nitrogens is 1. The third-order valence-electron chi connectivity index (χ3n) is 2.72. The van der Waals surface area contributed by atoms with Crippen LogP contribution in [-0.2, 0) is 4.74 Å². The molecule has 0 aliphatic carbocycles. The van der Waals surface area contributed by atoms with Crippen molar-refractivity contribution in [3.63, 3.8) is 0 Å². The van der Waals surface area contributed by atoms with Gasteiger partial charge in [0.1, 0.15) is 0 Å². The van der Waals surface area contributed by atoms with Crippen LogP contribution in [0.5, 0.6) is 0 Å². The third kappa shape index (κ3) is 2.76. The molecule has 1 aliphatic rings. The van der Waals surface area contributed by atoms with Gasteiger partial charge < -0.3 is 15.4 Å². The second-order valence-electron chi connectivity index (χ2n) is 3.80. The molecule has 0 radical (unpaired) electrons. The first-order chi connectivity index (χ1) is 8.22. The maximum Gasteiger partial charge on any atom is 0.192 e. The van der Waals surface area contributed by atoms with Gasteiger partial charge in [0.25, 0.3) is 0 Å². The van der Waals surface area contributed by atoms with Crippen molar-refractivity contribution in [2.75, 3.05) is 26.8 Å². The van der Waals surface area contributed by atoms with Gasteiger partial charge in [-0.3, -0.25) is 9.98 Å². The van der Waals surface area contributed by atoms with Crippen LogP contribution in [0, 0.1) is 0 Å². The SMILES string of the molecule is COCCN1C(N)=NCC1c1ccc(Br)cn1. The summed E-state index contributed by atoms with van der Waals surface area (Å²) >= 11 is 3.37. The highest BCUT2D eigenvalue weighted by atomic mass is 79.9. The molecular weight excluding hydrogens is 284 g/mol. The summed E-state index contributed by atoms with van der Waals surface area (Å²) in [5.41, 5.74) is 6.84. The molecule has 2 heterocycles. The van der Waals surface area contributed by atoms with Gasteiger partial charge in [-0.25, -0.2) is 0 Å². The van der Waals surface area contributed by atoms with Gasteiger partial charge in [-0.1, -0.05) is 0 Å². The summed E-state index contributed by atoms with van der Waals surface area (Å²) in [6, 6.07) is 4.09. The predicted octanol–water partition coefficient (Wildman–Crippen LogP) is 1.16. The van der Waals surface area contributed by atoms with E-state index in [-0.39, 0.29) is 6.04 Å². The van der Waals surface area contributed by atoms with E-state index in [9.17, 15) is 0 Å². The first-order valence-corrected chi connectivity index (χ1v) is 6.18. The fourth-order valence-electron chi connectivity index (χ4n) is 1.83. The number of nitrogens with zero attached hydrogens (tertiary/aromatic N) is 3. The van der Waals surface area contributed by atoms with E-state index in [1.165, 1.54) is 0 Å². The minimum atomic E-state index is 0.123. The van der Waals surface area contributed by atoms with E-state index in [0.717, 1.165) is 16.7 Å². The van der Waals surface area contributed by atoms with Crippen molar-refractivity contribution in [1.29, 1.82) is 0 Å². The molecule has 0 saturated carbocycles. The molecule has 0 amide bonds. The molecule has 0 bridgehead atoms. The number of pyridine rings is 1. The maximum absolute atomic E-state index is 5.86. The molecule has 17 heavy (non-hydrogen) atoms. The van der Waals surface area contributed by atoms with Crippen LogP contribution in [0.25, 0.3) is 0 Å². The molecule has 0 saturated heterocycles. The van der Waals surface area contributed by atoms with Crippen molar-refractivity contribution in [2.45, 2.75) is 6.04 Å². The number of nitrogens with two attached hydrogens (primary N) is 1. The molecule has 0 aromatic carbocycles. The Morgan fingerprint density at radius 2 is 2.41 bits per heavy atom. The number of rotatable bonds is 4. The van der Waals surface area contributed by atoms with Crippen molar-refractivity contribution >= 4 is 21.9 Å². The minimum absolute atomic E-state index is 0.123. The lowest BCUT2D eigenvalue weighted by atomic mass is 10.2. The molecule has 1 atom stereocenters. The predicted molar refractivity (Wildman–Crippen MR) is 69.7 cm³/mol. The van der Waals surface area contributed by atoms with Crippen LogP contribution < -0.4 is 5.73 Å². The molecule has 1 aliphatic heterocycles. The van der Waals surface area contributed by atoms with E-state index in [2.05, 4.69) is 25.9 Å². The van der Waals surface area contributed by atoms with Crippen LogP contribution in [0.1, 0.15) is 11.7 Å². The molecule has 5 nitrogen and oxygen atoms in total. The zero-order valence-electron chi connectivity index (χ0n) is 9.64. The quantitative estimate of drug-likeness (QED) is 0.906. The van der Waals surface area contributed by atoms with Gasteiger partial charge in [-0.2, -0.15) is 0 Å². The number of guanidine groups is 1. The average Bonchev–Trinajstić information content (AvgIpc) is 2.69. The first-order valence-electron chi connectivity index (χ1n) is 5.39. The van der Waals surface area contributed by atoms with Crippen molar-refractivity contribution in [1.82, 2.24) is 9.88 Å². The lowest BCUT2D eigenvalue weighted by Crippen LogP contribution is -2.38. The number of halogens is 1. The van der Waals surface area contributed by atoms with Crippen LogP contribution in [0.3, 0.4) is 0 Å². The molecule has 1 aromatic rings. The summed E-state index contributed by atoms with van der Waals surface area (Å²) in [6.07, 6.45) is 1.79. The molecular formula is C11H15BrN4O. The van der Waals surface area contributed by atoms with Crippen molar-refractivity contribution in [3.05, 3.63) is 28.5 Å². The van der Waals surface area contributed by atoms with Crippen molar-refractivity contribution in [2.24, 2.45) is 10.7 Å². The Kier molecular flexibility index (Phi) is 3.96. The highest BCUT2D eigenvalue weighted by Gasteiger charge is 2.27. The third-order valence-corrected chi connectivity index (χ3v) is 3.19. The highest BCUT2D eigenvalue weighted by molar-refractivity contribution is 9.10. The Balaban J connectivity index is 2.12. The number of hydrogen-bond acceptors (Lipinski definition) is 5. The van der Waals surface area contributed by atoms with E-state index in [4.69, 9.17) is 10.5 Å². The van der Waals surface area contributed by atoms with E-state index in [1.54, 1.807) is 13.3 Å². The number of hydrogen-bond donors (Lipinski definition) is 1. The van der Waals surface area contributed by atoms with Gasteiger partial charge in [0.05, 0.1) is 24.9 Å². The van der Waals surface area contributed by atoms with Gasteiger partial charge in [0, 0.05) is 24.3 Å². The van der Waals surface area contributed by atoms with Crippen molar-refractivity contribution < 1.29 is 4.74 Å². The Hall–Kier alpha value is -1.14. The van der Waals surface area contributed by atoms with Crippen LogP contribution in [0.4, 0.5) is 0 Å². The normalized spacial score (nSPS) is 19.5. The average molecular weight is 299 g/mol. The van der Waals surface area contributed by atoms with Gasteiger partial charge in [0.2, 0.25) is 0 Å². The molecule has 0 fully saturated rings. The smallest absolute Gasteiger partial charge is 0.192 e. The molecule has 92 valence electrons. The van der Waals surface area contributed by atoms with Crippen LogP contribution in [-0.4, -0.2) is 42.6 Å². The van der Waals surface area contributed by atoms with Crippen LogP contribution in [0.2, 0.25) is 0 Å². The second kappa shape index (κ2) is 5.46. The molecule has 0 spiro atoms. The lowest BCUT2D eigenvalue weighted by molar-refractivity contribution is 0.166. The molecule has 2 rings (SSSR count). The first kappa shape index (κ1) is 12.3. The van der Waals surface area contributed by atoms with Crippen molar-refractivity contribution in [3.8, 4) is 0 Å². The summed E-state index contributed by atoms with van der Waals surface area (Å²) in [4.78, 5) is 10.7. The summed E-state index contributed by atoms with van der Waals surface area (Å²) < 4.78 is 6.04. The Morgan fingerprint density at radius 1 is 1.59 bits per heavy atom. The highest BCUT2D eigenvalue weighted by Crippen LogP contribution is 2.24. The number of ether oxygens (including phenoxy) is 1. The Labute approximate surface area is 109 Å². The van der Waals surface area contributed by atoms with E-state index < -0.39 is 0 Å². The fourth-order valence-corrected chi connectivity index (χ4v) is 2.06. The Morgan fingerprint density at radius 3 is 3.06 bits per heavy atom. The largest absolute Gasteiger partial charge is 0.383 e. The second-order valence-corrected chi connectivity index (χ2v) is 4.72. The van der Waals surface area contributed by atoms with Gasteiger partial charge >= 0.3 is 0 Å². The van der Waals surface area contributed by atoms with Crippen LogP contribution >= 0.6 is 15.9 Å².